The number of phenols is 2. The molecule has 12 heteroatoms. The van der Waals surface area contributed by atoms with Crippen LogP contribution in [0.25, 0.3) is 0 Å². The monoisotopic (exact) mass is 808 g/mol. The number of benzene rings is 4. The fraction of sp³-hybridized carbons (Fsp3) is 0.455. The minimum absolute atomic E-state index is 0.0212. The van der Waals surface area contributed by atoms with Gasteiger partial charge >= 0.3 is 15.6 Å². The Hall–Kier alpha value is -3.62. The summed E-state index contributed by atoms with van der Waals surface area (Å²) in [4.78, 5) is 41.1. The second-order valence-corrected chi connectivity index (χ2v) is 21.7. The molecule has 0 saturated heterocycles. The average molecular weight is 809 g/mol. The third-order valence-electron chi connectivity index (χ3n) is 10.4. The number of phosphoric ester groups is 2. The van der Waals surface area contributed by atoms with E-state index in [1.54, 1.807) is 0 Å². The number of fused-ring (bicyclic) bond motifs is 8. The molecule has 4 aromatic rings. The summed E-state index contributed by atoms with van der Waals surface area (Å²) < 4.78 is 36.4. The van der Waals surface area contributed by atoms with Crippen LogP contribution in [0.15, 0.2) is 48.5 Å². The SMILES string of the molecule is CC(C)(C)c1cc2c(O)c(c1)Cc1cc(C(C)(C)C)cc(c1OP(=O)(O)O)Cc1cc(C(C)(C)C)cc(c1O)Cc1cc(C(C)(C)C)cc(c1OP(=O)(O)O)C2. The third-order valence-corrected chi connectivity index (χ3v) is 11.3. The highest BCUT2D eigenvalue weighted by atomic mass is 31.2. The lowest BCUT2D eigenvalue weighted by atomic mass is 9.79. The van der Waals surface area contributed by atoms with Gasteiger partial charge in [0.2, 0.25) is 0 Å². The molecule has 0 atom stereocenters. The summed E-state index contributed by atoms with van der Waals surface area (Å²) >= 11 is 0. The van der Waals surface area contributed by atoms with Crippen LogP contribution in [0.2, 0.25) is 0 Å². The average Bonchev–Trinajstić information content (AvgIpc) is 2.99. The number of aromatic hydroxyl groups is 2. The van der Waals surface area contributed by atoms with Gasteiger partial charge in [0.1, 0.15) is 23.0 Å². The molecule has 0 spiro atoms. The summed E-state index contributed by atoms with van der Waals surface area (Å²) in [5.41, 5.74) is 5.45. The summed E-state index contributed by atoms with van der Waals surface area (Å²) in [5, 5.41) is 24.3. The molecule has 10 nitrogen and oxygen atoms in total. The molecule has 0 unspecified atom stereocenters. The summed E-state index contributed by atoms with van der Waals surface area (Å²) in [6.45, 7) is 24.4. The van der Waals surface area contributed by atoms with Crippen LogP contribution in [-0.4, -0.2) is 29.8 Å². The molecule has 304 valence electrons. The van der Waals surface area contributed by atoms with Crippen molar-refractivity contribution < 1.29 is 48.0 Å². The molecule has 8 bridgehead atoms. The van der Waals surface area contributed by atoms with E-state index in [0.29, 0.717) is 44.5 Å². The van der Waals surface area contributed by atoms with Crippen LogP contribution in [0.3, 0.4) is 0 Å². The Labute approximate surface area is 331 Å². The quantitative estimate of drug-likeness (QED) is 0.0960. The summed E-state index contributed by atoms with van der Waals surface area (Å²) in [7, 11) is -10.2. The largest absolute Gasteiger partial charge is 0.524 e. The zero-order chi connectivity index (χ0) is 42.1. The van der Waals surface area contributed by atoms with Crippen LogP contribution in [-0.2, 0) is 56.5 Å². The first kappa shape index (κ1) is 43.5. The van der Waals surface area contributed by atoms with Crippen molar-refractivity contribution in [3.05, 3.63) is 115 Å². The molecule has 1 aliphatic carbocycles. The zero-order valence-electron chi connectivity index (χ0n) is 34.7. The Morgan fingerprint density at radius 2 is 0.571 bits per heavy atom. The standard InChI is InChI=1S/C44H58O10P2/c1-41(2,3)33-17-25-13-29-21-35(43(7,8)9)23-31(39(29)53-55(47,48)49)15-27-19-34(42(4,5)6)20-28(38(27)46)16-32-24-36(44(10,11)12)22-30(14-26(18-33)37(25)45)40(32)54-56(50,51)52/h17-24,45-46H,13-16H2,1-12H3,(H2,47,48,49)(H2,50,51,52). The summed E-state index contributed by atoms with van der Waals surface area (Å²) in [6.07, 6.45) is 0.0849. The molecule has 4 aromatic carbocycles. The van der Waals surface area contributed by atoms with Crippen LogP contribution < -0.4 is 9.05 Å². The van der Waals surface area contributed by atoms with E-state index < -0.39 is 37.3 Å². The van der Waals surface area contributed by atoms with Gasteiger partial charge in [0.05, 0.1) is 0 Å². The fourth-order valence-corrected chi connectivity index (χ4v) is 8.06. The van der Waals surface area contributed by atoms with Crippen LogP contribution in [0, 0.1) is 0 Å². The maximum Gasteiger partial charge on any atom is 0.524 e. The highest BCUT2D eigenvalue weighted by Gasteiger charge is 2.31. The smallest absolute Gasteiger partial charge is 0.507 e. The first-order valence-corrected chi connectivity index (χ1v) is 21.9. The minimum Gasteiger partial charge on any atom is -0.507 e. The molecule has 5 rings (SSSR count). The first-order chi connectivity index (χ1) is 25.3. The Morgan fingerprint density at radius 1 is 0.393 bits per heavy atom. The van der Waals surface area contributed by atoms with Crippen LogP contribution >= 0.6 is 15.6 Å². The van der Waals surface area contributed by atoms with Crippen molar-refractivity contribution >= 4 is 15.6 Å². The van der Waals surface area contributed by atoms with Crippen molar-refractivity contribution in [1.82, 2.24) is 0 Å². The Balaban J connectivity index is 2.00. The summed E-state index contributed by atoms with van der Waals surface area (Å²) in [5.74, 6) is -0.199. The highest BCUT2D eigenvalue weighted by Crippen LogP contribution is 2.49. The van der Waals surface area contributed by atoms with Crippen molar-refractivity contribution in [2.75, 3.05) is 0 Å². The van der Waals surface area contributed by atoms with Crippen molar-refractivity contribution in [3.63, 3.8) is 0 Å². The van der Waals surface area contributed by atoms with Crippen LogP contribution in [0.1, 0.15) is 150 Å². The van der Waals surface area contributed by atoms with Gasteiger partial charge in [-0.3, -0.25) is 19.6 Å². The van der Waals surface area contributed by atoms with E-state index in [4.69, 9.17) is 9.05 Å². The van der Waals surface area contributed by atoms with Crippen molar-refractivity contribution in [2.24, 2.45) is 0 Å². The molecule has 0 heterocycles. The van der Waals surface area contributed by atoms with Gasteiger partial charge in [-0.15, -0.1) is 0 Å². The van der Waals surface area contributed by atoms with Crippen LogP contribution in [0.4, 0.5) is 0 Å². The molecule has 0 radical (unpaired) electrons. The van der Waals surface area contributed by atoms with Gasteiger partial charge < -0.3 is 19.3 Å². The van der Waals surface area contributed by atoms with Gasteiger partial charge in [0.25, 0.3) is 0 Å². The van der Waals surface area contributed by atoms with Crippen molar-refractivity contribution in [1.29, 1.82) is 0 Å². The topological polar surface area (TPSA) is 174 Å². The van der Waals surface area contributed by atoms with E-state index >= 15 is 0 Å². The normalized spacial score (nSPS) is 14.4. The van der Waals surface area contributed by atoms with Crippen LogP contribution in [0.5, 0.6) is 23.0 Å². The highest BCUT2D eigenvalue weighted by molar-refractivity contribution is 7.47. The molecule has 56 heavy (non-hydrogen) atoms. The number of hydrogen-bond acceptors (Lipinski definition) is 6. The first-order valence-electron chi connectivity index (χ1n) is 18.8. The number of rotatable bonds is 4. The van der Waals surface area contributed by atoms with Gasteiger partial charge in [0.15, 0.2) is 0 Å². The van der Waals surface area contributed by atoms with E-state index in [-0.39, 0.29) is 48.7 Å². The Kier molecular flexibility index (Phi) is 11.4. The molecular weight excluding hydrogens is 750 g/mol. The molecular formula is C44H58O10P2. The Bertz CT molecular complexity index is 2010. The molecule has 0 saturated carbocycles. The molecule has 1 aliphatic rings. The number of phenolic OH excluding ortho intramolecular Hbond substituents is 2. The zero-order valence-corrected chi connectivity index (χ0v) is 36.4. The van der Waals surface area contributed by atoms with Crippen molar-refractivity contribution in [2.45, 2.75) is 130 Å². The van der Waals surface area contributed by atoms with Gasteiger partial charge in [-0.05, 0) is 88.4 Å². The molecule has 0 amide bonds. The lowest BCUT2D eigenvalue weighted by Crippen LogP contribution is -2.16. The van der Waals surface area contributed by atoms with Gasteiger partial charge in [0, 0.05) is 25.7 Å². The lowest BCUT2D eigenvalue weighted by Gasteiger charge is -2.28. The maximum atomic E-state index is 12.7. The van der Waals surface area contributed by atoms with Gasteiger partial charge in [-0.1, -0.05) is 132 Å². The van der Waals surface area contributed by atoms with Gasteiger partial charge in [-0.2, -0.15) is 0 Å². The minimum atomic E-state index is -5.11. The Morgan fingerprint density at radius 3 is 0.732 bits per heavy atom. The second-order valence-electron chi connectivity index (χ2n) is 19.4. The fourth-order valence-electron chi connectivity index (χ4n) is 7.12. The third kappa shape index (κ3) is 10.1. The second kappa shape index (κ2) is 14.6. The van der Waals surface area contributed by atoms with E-state index in [0.717, 1.165) is 22.3 Å². The molecule has 0 aromatic heterocycles. The lowest BCUT2D eigenvalue weighted by molar-refractivity contribution is 0.279. The van der Waals surface area contributed by atoms with E-state index in [1.165, 1.54) is 0 Å². The predicted molar refractivity (Wildman–Crippen MR) is 220 cm³/mol. The van der Waals surface area contributed by atoms with E-state index in [1.807, 2.05) is 132 Å². The van der Waals surface area contributed by atoms with E-state index in [9.17, 15) is 38.9 Å². The molecule has 0 fully saturated rings. The summed E-state index contributed by atoms with van der Waals surface area (Å²) in [6, 6.07) is 14.9. The van der Waals surface area contributed by atoms with E-state index in [2.05, 4.69) is 0 Å². The molecule has 6 N–H and O–H groups in total. The number of phosphoric acid groups is 2. The number of hydrogen-bond donors (Lipinski definition) is 6. The van der Waals surface area contributed by atoms with Gasteiger partial charge in [-0.25, -0.2) is 9.13 Å². The van der Waals surface area contributed by atoms with Crippen molar-refractivity contribution in [3.8, 4) is 23.0 Å². The predicted octanol–water partition coefficient (Wildman–Crippen LogP) is 9.91. The molecule has 0 aliphatic heterocycles. The maximum absolute atomic E-state index is 12.7.